The van der Waals surface area contributed by atoms with E-state index in [1.807, 2.05) is 5.32 Å². The van der Waals surface area contributed by atoms with Gasteiger partial charge in [-0.2, -0.15) is 13.2 Å². The molecule has 4 rings (SSSR count). The first-order chi connectivity index (χ1) is 15.1. The molecule has 2 aromatic rings. The van der Waals surface area contributed by atoms with Gasteiger partial charge in [-0.3, -0.25) is 24.5 Å². The number of aromatic nitrogens is 2. The molecule has 2 unspecified atom stereocenters. The summed E-state index contributed by atoms with van der Waals surface area (Å²) >= 11 is 0. The summed E-state index contributed by atoms with van der Waals surface area (Å²) in [6, 6.07) is 0.758. The molecule has 2 atom stereocenters. The largest absolute Gasteiger partial charge is 0.412 e. The average Bonchev–Trinajstić information content (AvgIpc) is 3.07. The van der Waals surface area contributed by atoms with Crippen molar-refractivity contribution in [1.29, 1.82) is 0 Å². The minimum absolute atomic E-state index is 0.00319. The van der Waals surface area contributed by atoms with Crippen molar-refractivity contribution in [1.82, 2.24) is 25.5 Å². The average molecular weight is 447 g/mol. The molecule has 0 bridgehead atoms. The highest BCUT2D eigenvalue weighted by Crippen LogP contribution is 2.33. The first-order valence-electron chi connectivity index (χ1n) is 9.55. The Morgan fingerprint density at radius 1 is 1.19 bits per heavy atom. The highest BCUT2D eigenvalue weighted by Gasteiger charge is 2.43. The maximum Gasteiger partial charge on any atom is 0.412 e. The molecule has 2 N–H and O–H groups in total. The van der Waals surface area contributed by atoms with Gasteiger partial charge in [-0.25, -0.2) is 9.97 Å². The summed E-state index contributed by atoms with van der Waals surface area (Å²) in [6.07, 6.45) is -1.52. The van der Waals surface area contributed by atoms with E-state index in [-0.39, 0.29) is 36.1 Å². The summed E-state index contributed by atoms with van der Waals surface area (Å²) in [5.74, 6) is -2.45. The van der Waals surface area contributed by atoms with Gasteiger partial charge in [0.25, 0.3) is 11.8 Å². The number of hydrogen-bond acceptors (Lipinski definition) is 6. The van der Waals surface area contributed by atoms with Gasteiger partial charge >= 0.3 is 6.18 Å². The van der Waals surface area contributed by atoms with E-state index in [0.29, 0.717) is 5.56 Å². The number of alkyl halides is 3. The molecule has 0 radical (unpaired) electrons. The summed E-state index contributed by atoms with van der Waals surface area (Å²) in [5.41, 5.74) is 0.246. The molecule has 4 amide bonds. The van der Waals surface area contributed by atoms with Crippen molar-refractivity contribution in [2.24, 2.45) is 0 Å². The molecule has 0 aliphatic carbocycles. The molecule has 1 saturated heterocycles. The number of hydrogen-bond donors (Lipinski definition) is 2. The smallest absolute Gasteiger partial charge is 0.337 e. The first-order valence-corrected chi connectivity index (χ1v) is 9.55. The first kappa shape index (κ1) is 21.4. The third-order valence-corrected chi connectivity index (χ3v) is 5.30. The third kappa shape index (κ3) is 4.03. The van der Waals surface area contributed by atoms with Crippen LogP contribution in [-0.4, -0.2) is 50.7 Å². The van der Waals surface area contributed by atoms with Crippen molar-refractivity contribution < 1.29 is 32.3 Å². The molecule has 9 nitrogen and oxygen atoms in total. The van der Waals surface area contributed by atoms with E-state index in [1.54, 1.807) is 0 Å². The van der Waals surface area contributed by atoms with Crippen molar-refractivity contribution in [3.05, 3.63) is 59.2 Å². The minimum Gasteiger partial charge on any atom is -0.337 e. The molecular weight excluding hydrogens is 431 g/mol. The Labute approximate surface area is 179 Å². The highest BCUT2D eigenvalue weighted by molar-refractivity contribution is 6.06. The standard InChI is InChI=1S/C20H16F3N5O4/c21-20(22,23)16(12-6-24-9-25-7-12)27-17(30)10-1-2-13-11(5-10)8-28(19(13)32)14-3-4-15(29)26-18(14)31/h1-2,5-7,9,14,16H,3-4,8H2,(H,27,30)(H,26,29,31). The normalized spacial score (nSPS) is 19.4. The van der Waals surface area contributed by atoms with Gasteiger partial charge in [0, 0.05) is 42.0 Å². The van der Waals surface area contributed by atoms with Crippen molar-refractivity contribution in [2.45, 2.75) is 37.6 Å². The molecule has 1 fully saturated rings. The quantitative estimate of drug-likeness (QED) is 0.681. The summed E-state index contributed by atoms with van der Waals surface area (Å²) < 4.78 is 40.5. The lowest BCUT2D eigenvalue weighted by Crippen LogP contribution is -2.52. The number of halogens is 3. The highest BCUT2D eigenvalue weighted by atomic mass is 19.4. The molecule has 1 aromatic heterocycles. The molecule has 1 aromatic carbocycles. The van der Waals surface area contributed by atoms with Crippen molar-refractivity contribution >= 4 is 23.6 Å². The molecule has 3 heterocycles. The van der Waals surface area contributed by atoms with E-state index in [4.69, 9.17) is 0 Å². The van der Waals surface area contributed by atoms with E-state index < -0.39 is 41.9 Å². The monoisotopic (exact) mass is 447 g/mol. The predicted octanol–water partition coefficient (Wildman–Crippen LogP) is 1.27. The van der Waals surface area contributed by atoms with Gasteiger partial charge < -0.3 is 10.2 Å². The number of piperidine rings is 1. The zero-order valence-corrected chi connectivity index (χ0v) is 16.3. The number of carbonyl (C=O) groups is 4. The third-order valence-electron chi connectivity index (χ3n) is 5.30. The lowest BCUT2D eigenvalue weighted by atomic mass is 10.0. The number of carbonyl (C=O) groups excluding carboxylic acids is 4. The van der Waals surface area contributed by atoms with Crippen LogP contribution in [-0.2, 0) is 16.1 Å². The summed E-state index contributed by atoms with van der Waals surface area (Å²) in [7, 11) is 0. The Morgan fingerprint density at radius 2 is 1.91 bits per heavy atom. The molecule has 32 heavy (non-hydrogen) atoms. The van der Waals surface area contributed by atoms with Crippen LogP contribution < -0.4 is 10.6 Å². The molecule has 2 aliphatic rings. The maximum absolute atomic E-state index is 13.5. The van der Waals surface area contributed by atoms with Crippen LogP contribution in [0.25, 0.3) is 0 Å². The lowest BCUT2D eigenvalue weighted by Gasteiger charge is -2.29. The number of fused-ring (bicyclic) bond motifs is 1. The number of rotatable bonds is 4. The van der Waals surface area contributed by atoms with Gasteiger partial charge in [0.1, 0.15) is 12.4 Å². The predicted molar refractivity (Wildman–Crippen MR) is 101 cm³/mol. The van der Waals surface area contributed by atoms with E-state index in [1.165, 1.54) is 23.1 Å². The molecular formula is C20H16F3N5O4. The van der Waals surface area contributed by atoms with Gasteiger partial charge in [0.2, 0.25) is 11.8 Å². The van der Waals surface area contributed by atoms with Crippen LogP contribution in [0.15, 0.2) is 36.9 Å². The Bertz CT molecular complexity index is 1110. The van der Waals surface area contributed by atoms with Crippen LogP contribution in [0.2, 0.25) is 0 Å². The Morgan fingerprint density at radius 3 is 2.56 bits per heavy atom. The number of nitrogens with zero attached hydrogens (tertiary/aromatic N) is 3. The zero-order valence-electron chi connectivity index (χ0n) is 16.3. The number of amides is 4. The van der Waals surface area contributed by atoms with Crippen LogP contribution in [0, 0.1) is 0 Å². The fourth-order valence-corrected chi connectivity index (χ4v) is 3.74. The second kappa shape index (κ2) is 8.02. The number of benzene rings is 1. The van der Waals surface area contributed by atoms with E-state index >= 15 is 0 Å². The molecule has 0 spiro atoms. The van der Waals surface area contributed by atoms with Crippen LogP contribution >= 0.6 is 0 Å². The SMILES string of the molecule is O=C1CCC(N2Cc3cc(C(=O)NC(c4cncnc4)C(F)(F)F)ccc3C2=O)C(=O)N1. The van der Waals surface area contributed by atoms with Gasteiger partial charge in [0.05, 0.1) is 0 Å². The minimum atomic E-state index is -4.78. The number of imide groups is 1. The lowest BCUT2D eigenvalue weighted by molar-refractivity contribution is -0.155. The second-order valence-corrected chi connectivity index (χ2v) is 7.39. The van der Waals surface area contributed by atoms with Crippen molar-refractivity contribution in [3.8, 4) is 0 Å². The summed E-state index contributed by atoms with van der Waals surface area (Å²) in [6.45, 7) is -0.00319. The molecule has 0 saturated carbocycles. The van der Waals surface area contributed by atoms with Gasteiger partial charge in [0.15, 0.2) is 6.04 Å². The van der Waals surface area contributed by atoms with Crippen LogP contribution in [0.3, 0.4) is 0 Å². The van der Waals surface area contributed by atoms with Crippen molar-refractivity contribution in [3.63, 3.8) is 0 Å². The topological polar surface area (TPSA) is 121 Å². The van der Waals surface area contributed by atoms with Gasteiger partial charge in [-0.05, 0) is 30.2 Å². The molecule has 166 valence electrons. The van der Waals surface area contributed by atoms with Crippen LogP contribution in [0.4, 0.5) is 13.2 Å². The van der Waals surface area contributed by atoms with Crippen LogP contribution in [0.1, 0.15) is 50.7 Å². The Hall–Kier alpha value is -3.83. The van der Waals surface area contributed by atoms with Gasteiger partial charge in [-0.1, -0.05) is 0 Å². The van der Waals surface area contributed by atoms with Crippen molar-refractivity contribution in [2.75, 3.05) is 0 Å². The molecule has 2 aliphatic heterocycles. The Balaban J connectivity index is 1.54. The van der Waals surface area contributed by atoms with Crippen LogP contribution in [0.5, 0.6) is 0 Å². The number of nitrogens with one attached hydrogen (secondary N) is 2. The summed E-state index contributed by atoms with van der Waals surface area (Å²) in [4.78, 5) is 57.1. The second-order valence-electron chi connectivity index (χ2n) is 7.39. The van der Waals surface area contributed by atoms with E-state index in [2.05, 4.69) is 15.3 Å². The fourth-order valence-electron chi connectivity index (χ4n) is 3.74. The molecule has 12 heteroatoms. The summed E-state index contributed by atoms with van der Waals surface area (Å²) in [5, 5.41) is 4.12. The zero-order chi connectivity index (χ0) is 23.0. The maximum atomic E-state index is 13.5. The fraction of sp³-hybridized carbons (Fsp3) is 0.300. The Kier molecular flexibility index (Phi) is 5.36. The van der Waals surface area contributed by atoms with E-state index in [9.17, 15) is 32.3 Å². The van der Waals surface area contributed by atoms with E-state index in [0.717, 1.165) is 18.7 Å². The van der Waals surface area contributed by atoms with Gasteiger partial charge in [-0.15, -0.1) is 0 Å².